The summed E-state index contributed by atoms with van der Waals surface area (Å²) in [5.41, 5.74) is 7.73. The summed E-state index contributed by atoms with van der Waals surface area (Å²) in [5.74, 6) is -0.536. The van der Waals surface area contributed by atoms with Gasteiger partial charge in [-0.15, -0.1) is 0 Å². The van der Waals surface area contributed by atoms with Gasteiger partial charge in [0.25, 0.3) is 0 Å². The third kappa shape index (κ3) is 3.88. The molecule has 0 bridgehead atoms. The van der Waals surface area contributed by atoms with Gasteiger partial charge in [-0.05, 0) is 23.3 Å². The molecule has 2 rings (SSSR count). The number of ether oxygens (including phenoxy) is 1. The average molecular weight is 326 g/mol. The van der Waals surface area contributed by atoms with E-state index < -0.39 is 5.97 Å². The van der Waals surface area contributed by atoms with Crippen LogP contribution in [0.15, 0.2) is 36.4 Å². The van der Waals surface area contributed by atoms with Crippen LogP contribution in [0, 0.1) is 0 Å². The van der Waals surface area contributed by atoms with Crippen LogP contribution in [0.5, 0.6) is 0 Å². The molecule has 21 heavy (non-hydrogen) atoms. The molecule has 0 saturated carbocycles. The number of nitrogens with two attached hydrogens (primary N) is 1. The van der Waals surface area contributed by atoms with E-state index in [1.54, 1.807) is 24.3 Å². The van der Waals surface area contributed by atoms with Crippen LogP contribution in [0.2, 0.25) is 10.0 Å². The average Bonchev–Trinajstić information content (AvgIpc) is 2.50. The van der Waals surface area contributed by atoms with Gasteiger partial charge in [-0.2, -0.15) is 0 Å². The van der Waals surface area contributed by atoms with E-state index in [9.17, 15) is 4.79 Å². The summed E-state index contributed by atoms with van der Waals surface area (Å²) in [6, 6.07) is 9.92. The molecule has 0 aromatic heterocycles. The monoisotopic (exact) mass is 325 g/mol. The largest absolute Gasteiger partial charge is 0.457 e. The number of carbonyl (C=O) groups is 1. The number of esters is 1. The maximum Gasteiger partial charge on any atom is 0.338 e. The molecule has 2 aromatic carbocycles. The number of aliphatic hydroxyl groups is 1. The van der Waals surface area contributed by atoms with Crippen LogP contribution < -0.4 is 5.73 Å². The van der Waals surface area contributed by atoms with Crippen molar-refractivity contribution in [1.82, 2.24) is 0 Å². The molecule has 0 aliphatic carbocycles. The Morgan fingerprint density at radius 2 is 1.76 bits per heavy atom. The number of hydrogen-bond acceptors (Lipinski definition) is 4. The summed E-state index contributed by atoms with van der Waals surface area (Å²) >= 11 is 11.7. The fraction of sp³-hybridized carbons (Fsp3) is 0.133. The summed E-state index contributed by atoms with van der Waals surface area (Å²) in [4.78, 5) is 11.9. The number of rotatable bonds is 4. The van der Waals surface area contributed by atoms with Crippen LogP contribution in [-0.2, 0) is 18.0 Å². The van der Waals surface area contributed by atoms with E-state index in [1.165, 1.54) is 12.1 Å². The SMILES string of the molecule is Nc1cc(C(=O)OCc2ccc(CO)cc2)cc(Cl)c1Cl. The molecular weight excluding hydrogens is 313 g/mol. The number of aliphatic hydroxyl groups excluding tert-OH is 1. The first kappa shape index (κ1) is 15.6. The molecule has 0 atom stereocenters. The summed E-state index contributed by atoms with van der Waals surface area (Å²) in [5, 5.41) is 9.37. The second kappa shape index (κ2) is 6.80. The minimum absolute atomic E-state index is 0.0252. The maximum absolute atomic E-state index is 11.9. The highest BCUT2D eigenvalue weighted by Crippen LogP contribution is 2.29. The molecule has 0 unspecified atom stereocenters. The Morgan fingerprint density at radius 1 is 1.14 bits per heavy atom. The smallest absolute Gasteiger partial charge is 0.338 e. The van der Waals surface area contributed by atoms with Crippen molar-refractivity contribution in [2.45, 2.75) is 13.2 Å². The molecule has 4 nitrogen and oxygen atoms in total. The van der Waals surface area contributed by atoms with E-state index in [0.717, 1.165) is 11.1 Å². The fourth-order valence-corrected chi connectivity index (χ4v) is 2.04. The second-order valence-corrected chi connectivity index (χ2v) is 5.20. The van der Waals surface area contributed by atoms with Crippen LogP contribution in [-0.4, -0.2) is 11.1 Å². The van der Waals surface area contributed by atoms with Gasteiger partial charge in [0.15, 0.2) is 0 Å². The lowest BCUT2D eigenvalue weighted by Crippen LogP contribution is -2.06. The predicted octanol–water partition coefficient (Wildman–Crippen LogP) is 3.42. The third-order valence-electron chi connectivity index (χ3n) is 2.87. The van der Waals surface area contributed by atoms with Gasteiger partial charge >= 0.3 is 5.97 Å². The van der Waals surface area contributed by atoms with Crippen molar-refractivity contribution in [1.29, 1.82) is 0 Å². The lowest BCUT2D eigenvalue weighted by atomic mass is 10.1. The minimum atomic E-state index is -0.536. The molecule has 6 heteroatoms. The lowest BCUT2D eigenvalue weighted by molar-refractivity contribution is 0.0472. The molecule has 2 aromatic rings. The molecule has 0 fully saturated rings. The van der Waals surface area contributed by atoms with E-state index in [0.29, 0.717) is 0 Å². The van der Waals surface area contributed by atoms with Crippen LogP contribution in [0.25, 0.3) is 0 Å². The summed E-state index contributed by atoms with van der Waals surface area (Å²) in [7, 11) is 0. The number of halogens is 2. The van der Waals surface area contributed by atoms with Crippen molar-refractivity contribution in [3.63, 3.8) is 0 Å². The van der Waals surface area contributed by atoms with E-state index in [4.69, 9.17) is 38.8 Å². The highest BCUT2D eigenvalue weighted by atomic mass is 35.5. The molecular formula is C15H13Cl2NO3. The first-order valence-electron chi connectivity index (χ1n) is 6.11. The normalized spacial score (nSPS) is 10.4. The zero-order valence-corrected chi connectivity index (χ0v) is 12.5. The van der Waals surface area contributed by atoms with Crippen molar-refractivity contribution in [3.05, 3.63) is 63.1 Å². The Balaban J connectivity index is 2.04. The molecule has 110 valence electrons. The first-order chi connectivity index (χ1) is 10.0. The van der Waals surface area contributed by atoms with E-state index >= 15 is 0 Å². The highest BCUT2D eigenvalue weighted by molar-refractivity contribution is 6.43. The molecule has 0 amide bonds. The Labute approximate surface area is 132 Å². The minimum Gasteiger partial charge on any atom is -0.457 e. The van der Waals surface area contributed by atoms with Gasteiger partial charge < -0.3 is 15.6 Å². The van der Waals surface area contributed by atoms with Crippen molar-refractivity contribution in [2.75, 3.05) is 5.73 Å². The predicted molar refractivity (Wildman–Crippen MR) is 82.4 cm³/mol. The number of carbonyl (C=O) groups excluding carboxylic acids is 1. The Morgan fingerprint density at radius 3 is 2.33 bits per heavy atom. The molecule has 0 aliphatic rings. The summed E-state index contributed by atoms with van der Waals surface area (Å²) in [6.07, 6.45) is 0. The van der Waals surface area contributed by atoms with Gasteiger partial charge in [0.2, 0.25) is 0 Å². The lowest BCUT2D eigenvalue weighted by Gasteiger charge is -2.08. The Kier molecular flexibility index (Phi) is 5.07. The second-order valence-electron chi connectivity index (χ2n) is 4.41. The van der Waals surface area contributed by atoms with Crippen LogP contribution in [0.3, 0.4) is 0 Å². The van der Waals surface area contributed by atoms with Crippen molar-refractivity contribution in [3.8, 4) is 0 Å². The van der Waals surface area contributed by atoms with Gasteiger partial charge in [-0.1, -0.05) is 47.5 Å². The van der Waals surface area contributed by atoms with Crippen molar-refractivity contribution < 1.29 is 14.6 Å². The van der Waals surface area contributed by atoms with Crippen molar-refractivity contribution >= 4 is 34.9 Å². The summed E-state index contributed by atoms with van der Waals surface area (Å²) < 4.78 is 5.18. The number of benzene rings is 2. The quantitative estimate of drug-likeness (QED) is 0.667. The van der Waals surface area contributed by atoms with E-state index in [1.807, 2.05) is 0 Å². The van der Waals surface area contributed by atoms with Gasteiger partial charge in [-0.3, -0.25) is 0 Å². The van der Waals surface area contributed by atoms with Gasteiger partial charge in [0.1, 0.15) is 6.61 Å². The van der Waals surface area contributed by atoms with Crippen LogP contribution in [0.4, 0.5) is 5.69 Å². The van der Waals surface area contributed by atoms with Gasteiger partial charge in [0.05, 0.1) is 27.9 Å². The topological polar surface area (TPSA) is 72.6 Å². The Bertz CT molecular complexity index is 633. The number of anilines is 1. The summed E-state index contributed by atoms with van der Waals surface area (Å²) in [6.45, 7) is 0.0906. The highest BCUT2D eigenvalue weighted by Gasteiger charge is 2.12. The maximum atomic E-state index is 11.9. The molecule has 0 aliphatic heterocycles. The van der Waals surface area contributed by atoms with E-state index in [2.05, 4.69) is 0 Å². The number of hydrogen-bond donors (Lipinski definition) is 2. The molecule has 0 radical (unpaired) electrons. The van der Waals surface area contributed by atoms with Crippen LogP contribution in [0.1, 0.15) is 21.5 Å². The first-order valence-corrected chi connectivity index (χ1v) is 6.87. The van der Waals surface area contributed by atoms with Crippen molar-refractivity contribution in [2.24, 2.45) is 0 Å². The third-order valence-corrected chi connectivity index (χ3v) is 3.68. The van der Waals surface area contributed by atoms with E-state index in [-0.39, 0.29) is 34.5 Å². The molecule has 0 saturated heterocycles. The van der Waals surface area contributed by atoms with Gasteiger partial charge in [-0.25, -0.2) is 4.79 Å². The number of nitrogen functional groups attached to an aromatic ring is 1. The Hall–Kier alpha value is -1.75. The van der Waals surface area contributed by atoms with Gasteiger partial charge in [0, 0.05) is 0 Å². The standard InChI is InChI=1S/C15H13Cl2NO3/c16-12-5-11(6-13(18)14(12)17)15(20)21-8-10-3-1-9(7-19)2-4-10/h1-6,19H,7-8,18H2. The molecule has 3 N–H and O–H groups in total. The fourth-order valence-electron chi connectivity index (χ4n) is 1.70. The molecule has 0 spiro atoms. The zero-order chi connectivity index (χ0) is 15.4. The van der Waals surface area contributed by atoms with Crippen LogP contribution >= 0.6 is 23.2 Å². The zero-order valence-electron chi connectivity index (χ0n) is 11.0. The molecule has 0 heterocycles.